The lowest BCUT2D eigenvalue weighted by Gasteiger charge is -2.38. The number of hydrogen-bond donors (Lipinski definition) is 1. The summed E-state index contributed by atoms with van der Waals surface area (Å²) in [5, 5.41) is 3.66. The first-order valence-electron chi connectivity index (χ1n) is 13.4. The molecule has 1 aromatic heterocycles. The second-order valence-corrected chi connectivity index (χ2v) is 11.9. The minimum absolute atomic E-state index is 0.0613. The quantitative estimate of drug-likeness (QED) is 0.282. The summed E-state index contributed by atoms with van der Waals surface area (Å²) in [5.41, 5.74) is 1.73. The summed E-state index contributed by atoms with van der Waals surface area (Å²) in [4.78, 5) is 38.8. The molecule has 210 valence electrons. The van der Waals surface area contributed by atoms with Gasteiger partial charge in [0.2, 0.25) is 0 Å². The molecule has 2 atom stereocenters. The fraction of sp³-hybridized carbons (Fsp3) is 0.517. The second kappa shape index (κ2) is 12.5. The second-order valence-electron chi connectivity index (χ2n) is 10.8. The number of benzene rings is 1. The van der Waals surface area contributed by atoms with Crippen molar-refractivity contribution in [3.63, 3.8) is 0 Å². The molecule has 0 radical (unpaired) electrons. The Morgan fingerprint density at radius 2 is 1.92 bits per heavy atom. The molecule has 0 aliphatic carbocycles. The third-order valence-corrected chi connectivity index (χ3v) is 8.92. The van der Waals surface area contributed by atoms with Crippen molar-refractivity contribution < 1.29 is 18.4 Å². The molecule has 4 rings (SSSR count). The number of thiazole rings is 1. The number of fused-ring (bicyclic) bond motifs is 1. The normalized spacial score (nSPS) is 22.2. The van der Waals surface area contributed by atoms with E-state index in [-0.39, 0.29) is 28.9 Å². The van der Waals surface area contributed by atoms with Gasteiger partial charge in [-0.2, -0.15) is 0 Å². The molecule has 0 unspecified atom stereocenters. The number of amides is 2. The molecule has 3 heterocycles. The summed E-state index contributed by atoms with van der Waals surface area (Å²) in [6.07, 6.45) is 2.22. The largest absolute Gasteiger partial charge is 0.327 e. The average Bonchev–Trinajstić information content (AvgIpc) is 3.34. The summed E-state index contributed by atoms with van der Waals surface area (Å²) < 4.78 is 28.0. The summed E-state index contributed by atoms with van der Waals surface area (Å²) in [6, 6.07) is 5.90. The minimum atomic E-state index is -2.79. The highest BCUT2D eigenvalue weighted by Crippen LogP contribution is 2.38. The van der Waals surface area contributed by atoms with Gasteiger partial charge in [-0.05, 0) is 96.1 Å². The van der Waals surface area contributed by atoms with E-state index in [2.05, 4.69) is 48.0 Å². The summed E-state index contributed by atoms with van der Waals surface area (Å²) in [5.74, 6) is -0.809. The smallest absolute Gasteiger partial charge is 0.313 e. The number of rotatable bonds is 6. The lowest BCUT2D eigenvalue weighted by atomic mass is 9.89. The molecule has 0 saturated carbocycles. The molecule has 2 aliphatic rings. The van der Waals surface area contributed by atoms with Gasteiger partial charge in [0.05, 0.1) is 21.3 Å². The number of likely N-dealkylation sites (tertiary alicyclic amines) is 2. The Kier molecular flexibility index (Phi) is 9.27. The summed E-state index contributed by atoms with van der Waals surface area (Å²) in [6.45, 7) is 10.8. The lowest BCUT2D eigenvalue weighted by Crippen LogP contribution is -2.48. The number of nitrogens with one attached hydrogen (secondary N) is 1. The number of allylic oxidation sites excluding steroid dienone is 4. The summed E-state index contributed by atoms with van der Waals surface area (Å²) >= 11 is 1.74. The first-order chi connectivity index (χ1) is 18.6. The number of aliphatic imine (C=N–C) groups is 1. The molecular weight excluding hydrogens is 520 g/mol. The molecular formula is C29H37F2N5O2S. The fourth-order valence-electron chi connectivity index (χ4n) is 5.37. The van der Waals surface area contributed by atoms with Crippen molar-refractivity contribution in [1.29, 1.82) is 0 Å². The Labute approximate surface area is 232 Å². The van der Waals surface area contributed by atoms with Gasteiger partial charge < -0.3 is 15.1 Å². The van der Waals surface area contributed by atoms with Crippen molar-refractivity contribution in [3.8, 4) is 0 Å². The molecule has 2 fully saturated rings. The Bertz CT molecular complexity index is 1300. The van der Waals surface area contributed by atoms with E-state index >= 15 is 0 Å². The van der Waals surface area contributed by atoms with Crippen molar-refractivity contribution in [3.05, 3.63) is 51.8 Å². The number of piperidine rings is 2. The van der Waals surface area contributed by atoms with E-state index in [9.17, 15) is 18.4 Å². The maximum Gasteiger partial charge on any atom is 0.313 e. The van der Waals surface area contributed by atoms with Crippen LogP contribution in [-0.2, 0) is 9.59 Å². The van der Waals surface area contributed by atoms with Gasteiger partial charge in [-0.15, -0.1) is 11.3 Å². The van der Waals surface area contributed by atoms with E-state index in [0.29, 0.717) is 12.5 Å². The highest BCUT2D eigenvalue weighted by molar-refractivity contribution is 7.18. The van der Waals surface area contributed by atoms with Gasteiger partial charge in [-0.25, -0.2) is 13.8 Å². The maximum atomic E-state index is 13.4. The fourth-order valence-corrected chi connectivity index (χ4v) is 6.49. The maximum absolute atomic E-state index is 13.4. The predicted octanol–water partition coefficient (Wildman–Crippen LogP) is 5.66. The molecule has 1 N–H and O–H groups in total. The SMILES string of the molecule is C=N/C(C)=C(\C=C(/C)NC(=O)C(=O)N1C[C@@H](C)CC[C@@H]1c1ccc2sc(C3CCN(C)CC3)nc2c1)C(F)F. The van der Waals surface area contributed by atoms with Crippen LogP contribution in [0, 0.1) is 5.92 Å². The molecule has 2 aromatic rings. The van der Waals surface area contributed by atoms with Crippen molar-refractivity contribution >= 4 is 40.1 Å². The zero-order valence-corrected chi connectivity index (χ0v) is 23.9. The van der Waals surface area contributed by atoms with Gasteiger partial charge in [-0.1, -0.05) is 13.0 Å². The van der Waals surface area contributed by atoms with Crippen LogP contribution in [0.3, 0.4) is 0 Å². The van der Waals surface area contributed by atoms with Crippen LogP contribution < -0.4 is 5.32 Å². The van der Waals surface area contributed by atoms with Gasteiger partial charge >= 0.3 is 11.8 Å². The Morgan fingerprint density at radius 3 is 2.59 bits per heavy atom. The predicted molar refractivity (Wildman–Crippen MR) is 152 cm³/mol. The standard InChI is InChI=1S/C29H37F2N5O2S/c1-17-6-8-24(21-7-9-25-23(15-21)34-28(39-25)20-10-12-35(5)13-11-20)36(16-17)29(38)27(37)33-18(2)14-22(26(30)31)19(3)32-4/h7,9,14-15,17,20,24,26H,4,6,8,10-13,16H2,1-3,5H3,(H,33,37)/b18-14+,22-19+/t17-,24+/m0/s1. The van der Waals surface area contributed by atoms with Crippen molar-refractivity contribution in [2.24, 2.45) is 10.9 Å². The first kappa shape index (κ1) is 29.0. The van der Waals surface area contributed by atoms with Crippen LogP contribution in [0.2, 0.25) is 0 Å². The molecule has 2 amide bonds. The number of carbonyl (C=O) groups excluding carboxylic acids is 2. The third kappa shape index (κ3) is 6.78. The molecule has 2 aliphatic heterocycles. The Hall–Kier alpha value is -2.98. The van der Waals surface area contributed by atoms with Crippen LogP contribution in [0.1, 0.15) is 69.0 Å². The van der Waals surface area contributed by atoms with Gasteiger partial charge in [0, 0.05) is 29.4 Å². The van der Waals surface area contributed by atoms with E-state index in [4.69, 9.17) is 4.98 Å². The average molecular weight is 558 g/mol. The zero-order chi connectivity index (χ0) is 28.3. The number of hydrogen-bond acceptors (Lipinski definition) is 6. The van der Waals surface area contributed by atoms with E-state index in [0.717, 1.165) is 60.6 Å². The highest BCUT2D eigenvalue weighted by Gasteiger charge is 2.34. The van der Waals surface area contributed by atoms with Crippen molar-refractivity contribution in [1.82, 2.24) is 20.1 Å². The van der Waals surface area contributed by atoms with E-state index < -0.39 is 18.2 Å². The zero-order valence-electron chi connectivity index (χ0n) is 23.0. The van der Waals surface area contributed by atoms with Crippen molar-refractivity contribution in [2.75, 3.05) is 26.7 Å². The summed E-state index contributed by atoms with van der Waals surface area (Å²) in [7, 11) is 2.15. The van der Waals surface area contributed by atoms with Gasteiger partial charge in [0.15, 0.2) is 0 Å². The van der Waals surface area contributed by atoms with Crippen molar-refractivity contribution in [2.45, 2.75) is 64.8 Å². The van der Waals surface area contributed by atoms with Crippen LogP contribution in [0.4, 0.5) is 8.78 Å². The van der Waals surface area contributed by atoms with Crippen LogP contribution >= 0.6 is 11.3 Å². The number of nitrogens with zero attached hydrogens (tertiary/aromatic N) is 4. The number of carbonyl (C=O) groups is 2. The molecule has 39 heavy (non-hydrogen) atoms. The van der Waals surface area contributed by atoms with Gasteiger partial charge in [0.25, 0.3) is 6.43 Å². The highest BCUT2D eigenvalue weighted by atomic mass is 32.1. The third-order valence-electron chi connectivity index (χ3n) is 7.73. The Balaban J connectivity index is 1.53. The topological polar surface area (TPSA) is 77.9 Å². The first-order valence-corrected chi connectivity index (χ1v) is 14.2. The lowest BCUT2D eigenvalue weighted by molar-refractivity contribution is -0.148. The van der Waals surface area contributed by atoms with E-state index in [1.165, 1.54) is 18.9 Å². The van der Waals surface area contributed by atoms with Crippen LogP contribution in [0.25, 0.3) is 10.2 Å². The monoisotopic (exact) mass is 557 g/mol. The number of aromatic nitrogens is 1. The molecule has 0 spiro atoms. The van der Waals surface area contributed by atoms with Gasteiger partial charge in [0.1, 0.15) is 0 Å². The van der Waals surface area contributed by atoms with Gasteiger partial charge in [-0.3, -0.25) is 14.6 Å². The van der Waals surface area contributed by atoms with Crippen LogP contribution in [-0.4, -0.2) is 66.4 Å². The Morgan fingerprint density at radius 1 is 1.21 bits per heavy atom. The van der Waals surface area contributed by atoms with Crippen LogP contribution in [0.15, 0.2) is 46.2 Å². The number of alkyl halides is 2. The molecule has 0 bridgehead atoms. The molecule has 10 heteroatoms. The minimum Gasteiger partial charge on any atom is -0.327 e. The van der Waals surface area contributed by atoms with E-state index in [1.54, 1.807) is 16.2 Å². The van der Waals surface area contributed by atoms with Crippen LogP contribution in [0.5, 0.6) is 0 Å². The van der Waals surface area contributed by atoms with E-state index in [1.807, 2.05) is 6.07 Å². The number of halogens is 2. The molecule has 7 nitrogen and oxygen atoms in total. The molecule has 2 saturated heterocycles. The molecule has 1 aromatic carbocycles.